The van der Waals surface area contributed by atoms with Gasteiger partial charge in [0, 0.05) is 17.7 Å². The summed E-state index contributed by atoms with van der Waals surface area (Å²) in [6.07, 6.45) is 2.10. The van der Waals surface area contributed by atoms with Gasteiger partial charge in [0.15, 0.2) is 0 Å². The normalized spacial score (nSPS) is 23.0. The first-order valence-corrected chi connectivity index (χ1v) is 7.45. The SMILES string of the molecule is CCc1ccc2c(c1)C(n1ccccc1=O)C(O)C2(C)C. The van der Waals surface area contributed by atoms with Gasteiger partial charge in [0.1, 0.15) is 0 Å². The summed E-state index contributed by atoms with van der Waals surface area (Å²) in [7, 11) is 0. The summed E-state index contributed by atoms with van der Waals surface area (Å²) in [5.74, 6) is 0. The molecular formula is C18H21NO2. The van der Waals surface area contributed by atoms with Crippen molar-refractivity contribution in [3.05, 3.63) is 69.6 Å². The second kappa shape index (κ2) is 4.85. The Kier molecular flexibility index (Phi) is 3.25. The molecule has 1 N–H and O–H groups in total. The van der Waals surface area contributed by atoms with E-state index in [0.717, 1.165) is 17.5 Å². The highest BCUT2D eigenvalue weighted by molar-refractivity contribution is 5.46. The average Bonchev–Trinajstić information content (AvgIpc) is 2.67. The van der Waals surface area contributed by atoms with Gasteiger partial charge >= 0.3 is 0 Å². The summed E-state index contributed by atoms with van der Waals surface area (Å²) in [6.45, 7) is 6.19. The molecule has 21 heavy (non-hydrogen) atoms. The summed E-state index contributed by atoms with van der Waals surface area (Å²) in [5.41, 5.74) is 2.99. The van der Waals surface area contributed by atoms with Crippen LogP contribution in [0.4, 0.5) is 0 Å². The summed E-state index contributed by atoms with van der Waals surface area (Å²) in [5, 5.41) is 10.8. The number of aromatic nitrogens is 1. The molecule has 1 aliphatic rings. The second-order valence-electron chi connectivity index (χ2n) is 6.33. The van der Waals surface area contributed by atoms with Crippen LogP contribution in [0.5, 0.6) is 0 Å². The summed E-state index contributed by atoms with van der Waals surface area (Å²) in [6, 6.07) is 11.2. The number of aliphatic hydroxyl groups excluding tert-OH is 1. The van der Waals surface area contributed by atoms with Crippen molar-refractivity contribution in [3.63, 3.8) is 0 Å². The number of fused-ring (bicyclic) bond motifs is 1. The van der Waals surface area contributed by atoms with Crippen LogP contribution in [0, 0.1) is 0 Å². The lowest BCUT2D eigenvalue weighted by atomic mass is 9.84. The van der Waals surface area contributed by atoms with Crippen molar-refractivity contribution in [2.45, 2.75) is 44.8 Å². The molecule has 0 saturated carbocycles. The van der Waals surface area contributed by atoms with E-state index in [1.54, 1.807) is 22.9 Å². The maximum atomic E-state index is 12.2. The summed E-state index contributed by atoms with van der Waals surface area (Å²) >= 11 is 0. The predicted molar refractivity (Wildman–Crippen MR) is 83.7 cm³/mol. The molecule has 0 spiro atoms. The van der Waals surface area contributed by atoms with E-state index in [-0.39, 0.29) is 17.0 Å². The van der Waals surface area contributed by atoms with E-state index in [1.165, 1.54) is 5.56 Å². The van der Waals surface area contributed by atoms with Gasteiger partial charge in [-0.2, -0.15) is 0 Å². The number of benzene rings is 1. The fourth-order valence-electron chi connectivity index (χ4n) is 3.36. The maximum Gasteiger partial charge on any atom is 0.251 e. The van der Waals surface area contributed by atoms with Crippen LogP contribution >= 0.6 is 0 Å². The van der Waals surface area contributed by atoms with Crippen LogP contribution in [0.15, 0.2) is 47.4 Å². The Morgan fingerprint density at radius 1 is 1.24 bits per heavy atom. The van der Waals surface area contributed by atoms with Crippen molar-refractivity contribution < 1.29 is 5.11 Å². The van der Waals surface area contributed by atoms with Crippen LogP contribution in [-0.2, 0) is 11.8 Å². The third-order valence-electron chi connectivity index (χ3n) is 4.73. The molecule has 110 valence electrons. The molecule has 0 amide bonds. The van der Waals surface area contributed by atoms with Crippen LogP contribution in [0.1, 0.15) is 43.5 Å². The van der Waals surface area contributed by atoms with E-state index < -0.39 is 6.10 Å². The lowest BCUT2D eigenvalue weighted by Crippen LogP contribution is -2.37. The Bertz CT molecular complexity index is 730. The third-order valence-corrected chi connectivity index (χ3v) is 4.73. The molecule has 1 aromatic heterocycles. The zero-order valence-corrected chi connectivity index (χ0v) is 12.7. The number of hydrogen-bond donors (Lipinski definition) is 1. The Balaban J connectivity index is 2.24. The van der Waals surface area contributed by atoms with Gasteiger partial charge in [-0.15, -0.1) is 0 Å². The van der Waals surface area contributed by atoms with Crippen LogP contribution in [-0.4, -0.2) is 15.8 Å². The molecule has 2 atom stereocenters. The van der Waals surface area contributed by atoms with Crippen molar-refractivity contribution in [1.29, 1.82) is 0 Å². The first-order valence-electron chi connectivity index (χ1n) is 7.45. The minimum absolute atomic E-state index is 0.0768. The number of hydrogen-bond acceptors (Lipinski definition) is 2. The molecule has 0 saturated heterocycles. The van der Waals surface area contributed by atoms with Gasteiger partial charge in [-0.05, 0) is 29.2 Å². The molecule has 0 aliphatic heterocycles. The third kappa shape index (κ3) is 2.04. The molecule has 2 aromatic rings. The highest BCUT2D eigenvalue weighted by Crippen LogP contribution is 2.46. The maximum absolute atomic E-state index is 12.2. The van der Waals surface area contributed by atoms with Crippen molar-refractivity contribution in [1.82, 2.24) is 4.57 Å². The minimum Gasteiger partial charge on any atom is -0.390 e. The fourth-order valence-corrected chi connectivity index (χ4v) is 3.36. The first-order chi connectivity index (χ1) is 9.96. The molecule has 3 heteroatoms. The monoisotopic (exact) mass is 283 g/mol. The lowest BCUT2D eigenvalue weighted by Gasteiger charge is -2.27. The molecule has 1 heterocycles. The molecule has 1 aromatic carbocycles. The summed E-state index contributed by atoms with van der Waals surface area (Å²) in [4.78, 5) is 12.2. The molecule has 0 fully saturated rings. The average molecular weight is 283 g/mol. The van der Waals surface area contributed by atoms with Crippen molar-refractivity contribution in [3.8, 4) is 0 Å². The number of aryl methyl sites for hydroxylation is 1. The van der Waals surface area contributed by atoms with Crippen molar-refractivity contribution in [2.75, 3.05) is 0 Å². The van der Waals surface area contributed by atoms with Crippen LogP contribution < -0.4 is 5.56 Å². The van der Waals surface area contributed by atoms with Crippen molar-refractivity contribution >= 4 is 0 Å². The standard InChI is InChI=1S/C18H21NO2/c1-4-12-8-9-14-13(11-12)16(17(21)18(14,2)3)19-10-6-5-7-15(19)20/h5-11,16-17,21H,4H2,1-3H3. The molecule has 0 radical (unpaired) electrons. The van der Waals surface area contributed by atoms with E-state index >= 15 is 0 Å². The Hall–Kier alpha value is -1.87. The van der Waals surface area contributed by atoms with Gasteiger partial charge < -0.3 is 9.67 Å². The predicted octanol–water partition coefficient (Wildman–Crippen LogP) is 2.65. The van der Waals surface area contributed by atoms with Crippen LogP contribution in [0.25, 0.3) is 0 Å². The van der Waals surface area contributed by atoms with Crippen molar-refractivity contribution in [2.24, 2.45) is 0 Å². The molecule has 0 bridgehead atoms. The quantitative estimate of drug-likeness (QED) is 0.920. The Morgan fingerprint density at radius 3 is 2.67 bits per heavy atom. The smallest absolute Gasteiger partial charge is 0.251 e. The molecular weight excluding hydrogens is 262 g/mol. The molecule has 3 rings (SSSR count). The van der Waals surface area contributed by atoms with Gasteiger partial charge in [0.05, 0.1) is 12.1 Å². The van der Waals surface area contributed by atoms with E-state index in [4.69, 9.17) is 0 Å². The fraction of sp³-hybridized carbons (Fsp3) is 0.389. The molecule has 2 unspecified atom stereocenters. The minimum atomic E-state index is -0.611. The van der Waals surface area contributed by atoms with Crippen LogP contribution in [0.2, 0.25) is 0 Å². The topological polar surface area (TPSA) is 42.2 Å². The highest BCUT2D eigenvalue weighted by Gasteiger charge is 2.46. The number of pyridine rings is 1. The van der Waals surface area contributed by atoms with E-state index in [2.05, 4.69) is 25.1 Å². The van der Waals surface area contributed by atoms with Crippen LogP contribution in [0.3, 0.4) is 0 Å². The van der Waals surface area contributed by atoms with E-state index in [0.29, 0.717) is 0 Å². The van der Waals surface area contributed by atoms with Gasteiger partial charge in [-0.25, -0.2) is 0 Å². The second-order valence-corrected chi connectivity index (χ2v) is 6.33. The van der Waals surface area contributed by atoms with Gasteiger partial charge in [0.2, 0.25) is 0 Å². The Labute approximate surface area is 124 Å². The number of aliphatic hydroxyl groups is 1. The Morgan fingerprint density at radius 2 is 2.00 bits per heavy atom. The zero-order valence-electron chi connectivity index (χ0n) is 12.7. The molecule has 1 aliphatic carbocycles. The lowest BCUT2D eigenvalue weighted by molar-refractivity contribution is 0.0799. The van der Waals surface area contributed by atoms with Gasteiger partial charge in [0.25, 0.3) is 5.56 Å². The largest absolute Gasteiger partial charge is 0.390 e. The van der Waals surface area contributed by atoms with Gasteiger partial charge in [-0.3, -0.25) is 4.79 Å². The highest BCUT2D eigenvalue weighted by atomic mass is 16.3. The van der Waals surface area contributed by atoms with Gasteiger partial charge in [-0.1, -0.05) is 45.0 Å². The molecule has 3 nitrogen and oxygen atoms in total. The van der Waals surface area contributed by atoms with E-state index in [1.807, 2.05) is 19.9 Å². The van der Waals surface area contributed by atoms with E-state index in [9.17, 15) is 9.90 Å². The first kappa shape index (κ1) is 14.1. The number of nitrogens with zero attached hydrogens (tertiary/aromatic N) is 1. The zero-order chi connectivity index (χ0) is 15.2. The summed E-state index contributed by atoms with van der Waals surface area (Å²) < 4.78 is 1.65. The number of rotatable bonds is 2.